The molecule has 0 saturated carbocycles. The summed E-state index contributed by atoms with van der Waals surface area (Å²) in [6.45, 7) is 0. The highest BCUT2D eigenvalue weighted by atomic mass is 16.7. The molecule has 0 spiro atoms. The molecular weight excluding hydrogens is 368 g/mol. The number of imidazole rings is 1. The Kier molecular flexibility index (Phi) is 6.76. The Balaban J connectivity index is 1.77. The Labute approximate surface area is 169 Å². The number of amides is 2. The number of aromatic nitrogens is 2. The van der Waals surface area contributed by atoms with Gasteiger partial charge >= 0.3 is 0 Å². The maximum Gasteiger partial charge on any atom is 0.270 e. The summed E-state index contributed by atoms with van der Waals surface area (Å²) in [5.74, 6) is -0.690. The van der Waals surface area contributed by atoms with E-state index in [1.165, 1.54) is 20.4 Å². The predicted octanol–water partition coefficient (Wildman–Crippen LogP) is 2.62. The first-order chi connectivity index (χ1) is 14.1. The number of hydroxylamine groups is 2. The van der Waals surface area contributed by atoms with E-state index in [4.69, 9.17) is 4.84 Å². The van der Waals surface area contributed by atoms with E-state index in [1.807, 2.05) is 60.7 Å². The van der Waals surface area contributed by atoms with Crippen LogP contribution in [0.1, 0.15) is 22.5 Å². The standard InChI is InChI=1S/C22H24N4O3/c1-25(29-2)22(28)19(14-13-17-9-5-3-6-10-17)24-21(27)20-15-23-16-26(20)18-11-7-4-8-12-18/h3-12,15-16,19H,13-14H2,1-2H3,(H,24,27)/t19-/m0/s1. The second-order valence-corrected chi connectivity index (χ2v) is 6.55. The molecule has 1 N–H and O–H groups in total. The Morgan fingerprint density at radius 1 is 1.10 bits per heavy atom. The number of aryl methyl sites for hydroxylation is 1. The van der Waals surface area contributed by atoms with Gasteiger partial charge in [0.25, 0.3) is 11.8 Å². The van der Waals surface area contributed by atoms with Crippen molar-refractivity contribution in [2.24, 2.45) is 0 Å². The van der Waals surface area contributed by atoms with Crippen molar-refractivity contribution in [1.82, 2.24) is 19.9 Å². The molecule has 7 heteroatoms. The molecule has 0 saturated heterocycles. The van der Waals surface area contributed by atoms with Gasteiger partial charge in [0.2, 0.25) is 0 Å². The van der Waals surface area contributed by atoms with Gasteiger partial charge in [0.15, 0.2) is 0 Å². The molecule has 7 nitrogen and oxygen atoms in total. The fourth-order valence-corrected chi connectivity index (χ4v) is 3.01. The van der Waals surface area contributed by atoms with Crippen LogP contribution in [0.4, 0.5) is 0 Å². The molecule has 0 radical (unpaired) electrons. The molecule has 2 amide bonds. The summed E-state index contributed by atoms with van der Waals surface area (Å²) in [4.78, 5) is 34.8. The van der Waals surface area contributed by atoms with Gasteiger partial charge in [-0.25, -0.2) is 10.0 Å². The van der Waals surface area contributed by atoms with E-state index in [0.717, 1.165) is 16.3 Å². The lowest BCUT2D eigenvalue weighted by molar-refractivity contribution is -0.171. The number of nitrogens with zero attached hydrogens (tertiary/aromatic N) is 3. The number of hydrogen-bond acceptors (Lipinski definition) is 4. The predicted molar refractivity (Wildman–Crippen MR) is 109 cm³/mol. The van der Waals surface area contributed by atoms with E-state index in [0.29, 0.717) is 18.5 Å². The van der Waals surface area contributed by atoms with Crippen molar-refractivity contribution in [3.63, 3.8) is 0 Å². The zero-order valence-electron chi connectivity index (χ0n) is 16.5. The number of para-hydroxylation sites is 1. The maximum atomic E-state index is 13.0. The molecule has 0 bridgehead atoms. The van der Waals surface area contributed by atoms with Crippen LogP contribution in [0.2, 0.25) is 0 Å². The van der Waals surface area contributed by atoms with E-state index in [-0.39, 0.29) is 11.8 Å². The summed E-state index contributed by atoms with van der Waals surface area (Å²) in [5, 5.41) is 3.97. The van der Waals surface area contributed by atoms with Crippen LogP contribution in [-0.2, 0) is 16.1 Å². The molecule has 2 aromatic carbocycles. The van der Waals surface area contributed by atoms with Crippen molar-refractivity contribution >= 4 is 11.8 Å². The van der Waals surface area contributed by atoms with Crippen LogP contribution < -0.4 is 5.32 Å². The van der Waals surface area contributed by atoms with Crippen LogP contribution in [0.5, 0.6) is 0 Å². The van der Waals surface area contributed by atoms with E-state index in [9.17, 15) is 9.59 Å². The van der Waals surface area contributed by atoms with Crippen LogP contribution in [0.3, 0.4) is 0 Å². The Hall–Kier alpha value is -3.45. The summed E-state index contributed by atoms with van der Waals surface area (Å²) in [5.41, 5.74) is 2.26. The van der Waals surface area contributed by atoms with Crippen molar-refractivity contribution in [3.05, 3.63) is 84.4 Å². The Bertz CT molecular complexity index is 941. The van der Waals surface area contributed by atoms with Gasteiger partial charge in [0.05, 0.1) is 19.6 Å². The van der Waals surface area contributed by atoms with Crippen molar-refractivity contribution in [1.29, 1.82) is 0 Å². The van der Waals surface area contributed by atoms with Gasteiger partial charge in [-0.2, -0.15) is 0 Å². The van der Waals surface area contributed by atoms with Crippen molar-refractivity contribution in [2.75, 3.05) is 14.2 Å². The maximum absolute atomic E-state index is 13.0. The lowest BCUT2D eigenvalue weighted by Crippen LogP contribution is -2.47. The number of carbonyl (C=O) groups is 2. The highest BCUT2D eigenvalue weighted by molar-refractivity contribution is 5.96. The molecule has 3 rings (SSSR count). The molecule has 150 valence electrons. The zero-order valence-corrected chi connectivity index (χ0v) is 16.5. The van der Waals surface area contributed by atoms with Crippen LogP contribution >= 0.6 is 0 Å². The van der Waals surface area contributed by atoms with E-state index < -0.39 is 6.04 Å². The minimum atomic E-state index is -0.730. The third-order valence-corrected chi connectivity index (χ3v) is 4.66. The van der Waals surface area contributed by atoms with Crippen molar-refractivity contribution < 1.29 is 14.4 Å². The minimum absolute atomic E-state index is 0.317. The highest BCUT2D eigenvalue weighted by Crippen LogP contribution is 2.12. The Morgan fingerprint density at radius 3 is 2.41 bits per heavy atom. The summed E-state index contributed by atoms with van der Waals surface area (Å²) < 4.78 is 1.69. The largest absolute Gasteiger partial charge is 0.339 e. The number of likely N-dealkylation sites (N-methyl/N-ethyl adjacent to an activating group) is 1. The number of carbonyl (C=O) groups excluding carboxylic acids is 2. The topological polar surface area (TPSA) is 76.5 Å². The number of nitrogens with one attached hydrogen (secondary N) is 1. The van der Waals surface area contributed by atoms with Gasteiger partial charge < -0.3 is 5.32 Å². The van der Waals surface area contributed by atoms with Crippen LogP contribution in [0.25, 0.3) is 5.69 Å². The van der Waals surface area contributed by atoms with Gasteiger partial charge in [0.1, 0.15) is 11.7 Å². The quantitative estimate of drug-likeness (QED) is 0.598. The van der Waals surface area contributed by atoms with Crippen molar-refractivity contribution in [2.45, 2.75) is 18.9 Å². The van der Waals surface area contributed by atoms with Gasteiger partial charge in [0, 0.05) is 12.7 Å². The molecule has 1 aromatic heterocycles. The minimum Gasteiger partial charge on any atom is -0.339 e. The molecule has 0 aliphatic rings. The SMILES string of the molecule is CON(C)C(=O)[C@H](CCc1ccccc1)NC(=O)c1cncn1-c1ccccc1. The molecule has 3 aromatic rings. The smallest absolute Gasteiger partial charge is 0.270 e. The molecule has 0 unspecified atom stereocenters. The molecule has 29 heavy (non-hydrogen) atoms. The summed E-state index contributed by atoms with van der Waals surface area (Å²) in [7, 11) is 2.94. The molecule has 0 fully saturated rings. The molecule has 1 atom stereocenters. The Morgan fingerprint density at radius 2 is 1.76 bits per heavy atom. The second kappa shape index (κ2) is 9.66. The first-order valence-electron chi connectivity index (χ1n) is 9.34. The molecular formula is C22H24N4O3. The van der Waals surface area contributed by atoms with E-state index in [1.54, 1.807) is 10.9 Å². The molecule has 0 aliphatic heterocycles. The van der Waals surface area contributed by atoms with Gasteiger partial charge in [-0.3, -0.25) is 19.0 Å². The number of rotatable bonds is 8. The third-order valence-electron chi connectivity index (χ3n) is 4.66. The monoisotopic (exact) mass is 392 g/mol. The van der Waals surface area contributed by atoms with E-state index >= 15 is 0 Å². The zero-order chi connectivity index (χ0) is 20.6. The lowest BCUT2D eigenvalue weighted by atomic mass is 10.0. The average Bonchev–Trinajstić information content (AvgIpc) is 3.27. The van der Waals surface area contributed by atoms with Gasteiger partial charge in [-0.1, -0.05) is 48.5 Å². The fourth-order valence-electron chi connectivity index (χ4n) is 3.01. The summed E-state index contributed by atoms with van der Waals surface area (Å²) in [6.07, 6.45) is 4.15. The number of hydrogen-bond donors (Lipinski definition) is 1. The first kappa shape index (κ1) is 20.3. The van der Waals surface area contributed by atoms with Crippen LogP contribution in [0, 0.1) is 0 Å². The summed E-state index contributed by atoms with van der Waals surface area (Å²) in [6, 6.07) is 18.5. The average molecular weight is 392 g/mol. The fraction of sp³-hybridized carbons (Fsp3) is 0.227. The van der Waals surface area contributed by atoms with Crippen LogP contribution in [0.15, 0.2) is 73.2 Å². The lowest BCUT2D eigenvalue weighted by Gasteiger charge is -2.23. The normalized spacial score (nSPS) is 11.7. The second-order valence-electron chi connectivity index (χ2n) is 6.55. The summed E-state index contributed by atoms with van der Waals surface area (Å²) >= 11 is 0. The van der Waals surface area contributed by atoms with Crippen molar-refractivity contribution in [3.8, 4) is 5.69 Å². The van der Waals surface area contributed by atoms with Gasteiger partial charge in [-0.05, 0) is 30.5 Å². The molecule has 0 aliphatic carbocycles. The highest BCUT2D eigenvalue weighted by Gasteiger charge is 2.26. The molecule has 1 heterocycles. The first-order valence-corrected chi connectivity index (χ1v) is 9.34. The van der Waals surface area contributed by atoms with Crippen LogP contribution in [-0.4, -0.2) is 46.6 Å². The van der Waals surface area contributed by atoms with Gasteiger partial charge in [-0.15, -0.1) is 0 Å². The number of benzene rings is 2. The van der Waals surface area contributed by atoms with E-state index in [2.05, 4.69) is 10.3 Å². The third kappa shape index (κ3) is 5.08.